The quantitative estimate of drug-likeness (QED) is 0.774. The Morgan fingerprint density at radius 3 is 2.56 bits per heavy atom. The molecule has 2 nitrogen and oxygen atoms in total. The summed E-state index contributed by atoms with van der Waals surface area (Å²) < 4.78 is 42.9. The van der Waals surface area contributed by atoms with E-state index in [1.807, 2.05) is 0 Å². The zero-order chi connectivity index (χ0) is 13.8. The van der Waals surface area contributed by atoms with Gasteiger partial charge in [0, 0.05) is 6.42 Å². The number of aryl methyl sites for hydroxylation is 2. The van der Waals surface area contributed by atoms with E-state index >= 15 is 0 Å². The molecule has 100 valence electrons. The van der Waals surface area contributed by atoms with Crippen LogP contribution in [-0.4, -0.2) is 12.6 Å². The molecule has 0 bridgehead atoms. The molecule has 0 heterocycles. The summed E-state index contributed by atoms with van der Waals surface area (Å²) in [5.41, 5.74) is 0.190. The van der Waals surface area contributed by atoms with Crippen molar-refractivity contribution in [2.75, 3.05) is 6.61 Å². The Morgan fingerprint density at radius 1 is 1.33 bits per heavy atom. The van der Waals surface area contributed by atoms with E-state index in [9.17, 15) is 18.0 Å². The Balaban J connectivity index is 2.86. The number of esters is 1. The number of hydrogen-bond donors (Lipinski definition) is 0. The molecule has 18 heavy (non-hydrogen) atoms. The van der Waals surface area contributed by atoms with E-state index in [-0.39, 0.29) is 25.0 Å². The zero-order valence-corrected chi connectivity index (χ0v) is 10.3. The molecular weight excluding hydrogens is 245 g/mol. The second kappa shape index (κ2) is 5.89. The van der Waals surface area contributed by atoms with Crippen LogP contribution in [0.2, 0.25) is 0 Å². The van der Waals surface area contributed by atoms with Crippen molar-refractivity contribution < 1.29 is 22.7 Å². The number of rotatable bonds is 4. The van der Waals surface area contributed by atoms with Crippen molar-refractivity contribution in [1.29, 1.82) is 0 Å². The molecular formula is C13H15F3O2. The van der Waals surface area contributed by atoms with Gasteiger partial charge in [-0.3, -0.25) is 4.79 Å². The lowest BCUT2D eigenvalue weighted by molar-refractivity contribution is -0.144. The van der Waals surface area contributed by atoms with E-state index in [4.69, 9.17) is 4.74 Å². The third kappa shape index (κ3) is 4.05. The molecule has 0 saturated carbocycles. The number of carbonyl (C=O) groups is 1. The van der Waals surface area contributed by atoms with Gasteiger partial charge in [-0.15, -0.1) is 0 Å². The van der Waals surface area contributed by atoms with Gasteiger partial charge in [0.2, 0.25) is 0 Å². The van der Waals surface area contributed by atoms with Crippen LogP contribution in [0.4, 0.5) is 13.2 Å². The molecule has 0 unspecified atom stereocenters. The van der Waals surface area contributed by atoms with Crippen LogP contribution >= 0.6 is 0 Å². The van der Waals surface area contributed by atoms with Crippen molar-refractivity contribution in [3.63, 3.8) is 0 Å². The lowest BCUT2D eigenvalue weighted by atomic mass is 10.00. The van der Waals surface area contributed by atoms with Crippen LogP contribution < -0.4 is 0 Å². The van der Waals surface area contributed by atoms with Gasteiger partial charge in [0.25, 0.3) is 0 Å². The minimum absolute atomic E-state index is 0.0371. The maximum absolute atomic E-state index is 12.7. The molecule has 0 atom stereocenters. The Morgan fingerprint density at radius 2 is 2.00 bits per heavy atom. The van der Waals surface area contributed by atoms with Crippen molar-refractivity contribution in [3.8, 4) is 0 Å². The number of benzene rings is 1. The van der Waals surface area contributed by atoms with Gasteiger partial charge < -0.3 is 4.74 Å². The standard InChI is InChI=1S/C13H15F3O2/c1-3-18-12(17)7-5-10-8-9(2)4-6-11(10)13(14,15)16/h4,6,8H,3,5,7H2,1-2H3. The van der Waals surface area contributed by atoms with Crippen molar-refractivity contribution in [2.45, 2.75) is 32.9 Å². The molecule has 0 aliphatic rings. The smallest absolute Gasteiger partial charge is 0.416 e. The van der Waals surface area contributed by atoms with Crippen LogP contribution in [0.1, 0.15) is 30.0 Å². The summed E-state index contributed by atoms with van der Waals surface area (Å²) in [7, 11) is 0. The van der Waals surface area contributed by atoms with Gasteiger partial charge in [0.05, 0.1) is 12.2 Å². The van der Waals surface area contributed by atoms with Crippen LogP contribution in [0.5, 0.6) is 0 Å². The Bertz CT molecular complexity index is 425. The van der Waals surface area contributed by atoms with Crippen molar-refractivity contribution in [3.05, 3.63) is 34.9 Å². The lowest BCUT2D eigenvalue weighted by Gasteiger charge is -2.13. The van der Waals surface area contributed by atoms with E-state index in [2.05, 4.69) is 0 Å². The fourth-order valence-electron chi connectivity index (χ4n) is 1.68. The second-order valence-corrected chi connectivity index (χ2v) is 3.96. The van der Waals surface area contributed by atoms with Crippen molar-refractivity contribution in [2.24, 2.45) is 0 Å². The maximum atomic E-state index is 12.7. The molecule has 0 radical (unpaired) electrons. The van der Waals surface area contributed by atoms with Crippen LogP contribution in [-0.2, 0) is 22.1 Å². The van der Waals surface area contributed by atoms with Gasteiger partial charge in [-0.25, -0.2) is 0 Å². The van der Waals surface area contributed by atoms with E-state index in [0.717, 1.165) is 11.6 Å². The minimum Gasteiger partial charge on any atom is -0.466 e. The number of ether oxygens (including phenoxy) is 1. The highest BCUT2D eigenvalue weighted by Crippen LogP contribution is 2.33. The Kier molecular flexibility index (Phi) is 4.76. The summed E-state index contributed by atoms with van der Waals surface area (Å²) in [5.74, 6) is -0.480. The molecule has 1 aromatic rings. The van der Waals surface area contributed by atoms with Gasteiger partial charge in [0.15, 0.2) is 0 Å². The molecule has 0 aromatic heterocycles. The molecule has 0 aliphatic carbocycles. The number of halogens is 3. The van der Waals surface area contributed by atoms with Crippen molar-refractivity contribution in [1.82, 2.24) is 0 Å². The van der Waals surface area contributed by atoms with E-state index < -0.39 is 17.7 Å². The molecule has 0 fully saturated rings. The fraction of sp³-hybridized carbons (Fsp3) is 0.462. The Labute approximate surface area is 104 Å². The van der Waals surface area contributed by atoms with E-state index in [0.29, 0.717) is 0 Å². The molecule has 0 saturated heterocycles. The average Bonchev–Trinajstić information content (AvgIpc) is 2.25. The molecule has 0 spiro atoms. The molecule has 5 heteroatoms. The topological polar surface area (TPSA) is 26.3 Å². The summed E-state index contributed by atoms with van der Waals surface area (Å²) in [6, 6.07) is 3.93. The highest BCUT2D eigenvalue weighted by atomic mass is 19.4. The minimum atomic E-state index is -4.39. The van der Waals surface area contributed by atoms with Gasteiger partial charge in [-0.05, 0) is 31.9 Å². The van der Waals surface area contributed by atoms with Gasteiger partial charge >= 0.3 is 12.1 Å². The molecule has 0 N–H and O–H groups in total. The predicted molar refractivity (Wildman–Crippen MR) is 61.1 cm³/mol. The first-order valence-electron chi connectivity index (χ1n) is 5.67. The molecule has 0 aliphatic heterocycles. The highest BCUT2D eigenvalue weighted by molar-refractivity contribution is 5.69. The second-order valence-electron chi connectivity index (χ2n) is 3.96. The zero-order valence-electron chi connectivity index (χ0n) is 10.3. The number of alkyl halides is 3. The number of carbonyl (C=O) groups excluding carboxylic acids is 1. The summed E-state index contributed by atoms with van der Waals surface area (Å²) in [4.78, 5) is 11.2. The SMILES string of the molecule is CCOC(=O)CCc1cc(C)ccc1C(F)(F)F. The van der Waals surface area contributed by atoms with Crippen LogP contribution in [0.15, 0.2) is 18.2 Å². The average molecular weight is 260 g/mol. The maximum Gasteiger partial charge on any atom is 0.416 e. The molecule has 1 rings (SSSR count). The third-order valence-electron chi connectivity index (χ3n) is 2.47. The van der Waals surface area contributed by atoms with Gasteiger partial charge in [-0.2, -0.15) is 13.2 Å². The highest BCUT2D eigenvalue weighted by Gasteiger charge is 2.33. The normalized spacial score (nSPS) is 11.4. The summed E-state index contributed by atoms with van der Waals surface area (Å²) in [6.45, 7) is 3.61. The predicted octanol–water partition coefficient (Wildman–Crippen LogP) is 3.51. The van der Waals surface area contributed by atoms with Gasteiger partial charge in [0.1, 0.15) is 0 Å². The number of hydrogen-bond acceptors (Lipinski definition) is 2. The van der Waals surface area contributed by atoms with E-state index in [1.165, 1.54) is 12.1 Å². The molecule has 1 aromatic carbocycles. The van der Waals surface area contributed by atoms with E-state index in [1.54, 1.807) is 13.8 Å². The van der Waals surface area contributed by atoms with Crippen LogP contribution in [0.3, 0.4) is 0 Å². The first-order valence-corrected chi connectivity index (χ1v) is 5.67. The first-order chi connectivity index (χ1) is 8.34. The largest absolute Gasteiger partial charge is 0.466 e. The first kappa shape index (κ1) is 14.5. The summed E-state index contributed by atoms with van der Waals surface area (Å²) >= 11 is 0. The van der Waals surface area contributed by atoms with Crippen molar-refractivity contribution >= 4 is 5.97 Å². The summed E-state index contributed by atoms with van der Waals surface area (Å²) in [6.07, 6.45) is -4.40. The summed E-state index contributed by atoms with van der Waals surface area (Å²) in [5, 5.41) is 0. The molecule has 0 amide bonds. The fourth-order valence-corrected chi connectivity index (χ4v) is 1.68. The third-order valence-corrected chi connectivity index (χ3v) is 2.47. The van der Waals surface area contributed by atoms with Crippen LogP contribution in [0, 0.1) is 6.92 Å². The lowest BCUT2D eigenvalue weighted by Crippen LogP contribution is -2.11. The van der Waals surface area contributed by atoms with Gasteiger partial charge in [-0.1, -0.05) is 17.7 Å². The Hall–Kier alpha value is -1.52. The van der Waals surface area contributed by atoms with Crippen LogP contribution in [0.25, 0.3) is 0 Å². The monoisotopic (exact) mass is 260 g/mol.